The van der Waals surface area contributed by atoms with Gasteiger partial charge in [0.15, 0.2) is 0 Å². The largest absolute Gasteiger partial charge is 0.348 e. The Labute approximate surface area is 113 Å². The Hall–Kier alpha value is -1.42. The van der Waals surface area contributed by atoms with E-state index >= 15 is 0 Å². The van der Waals surface area contributed by atoms with Gasteiger partial charge in [-0.3, -0.25) is 4.79 Å². The Kier molecular flexibility index (Phi) is 4.53. The van der Waals surface area contributed by atoms with E-state index in [9.17, 15) is 9.18 Å². The molecule has 1 aromatic rings. The summed E-state index contributed by atoms with van der Waals surface area (Å²) in [6, 6.07) is 4.56. The molecule has 2 atom stereocenters. The third-order valence-corrected chi connectivity index (χ3v) is 3.82. The van der Waals surface area contributed by atoms with Gasteiger partial charge in [-0.2, -0.15) is 0 Å². The zero-order valence-corrected chi connectivity index (χ0v) is 11.3. The molecule has 0 spiro atoms. The van der Waals surface area contributed by atoms with Crippen LogP contribution in [0.1, 0.15) is 48.0 Å². The molecule has 2 unspecified atom stereocenters. The van der Waals surface area contributed by atoms with Crippen molar-refractivity contribution in [1.82, 2.24) is 5.32 Å². The first kappa shape index (κ1) is 14.0. The van der Waals surface area contributed by atoms with Crippen LogP contribution in [0.25, 0.3) is 0 Å². The van der Waals surface area contributed by atoms with E-state index in [4.69, 9.17) is 5.73 Å². The van der Waals surface area contributed by atoms with Crippen molar-refractivity contribution >= 4 is 5.91 Å². The number of halogens is 1. The molecule has 0 aliphatic heterocycles. The fraction of sp³-hybridized carbons (Fsp3) is 0.533. The molecule has 0 saturated heterocycles. The molecule has 1 aliphatic carbocycles. The summed E-state index contributed by atoms with van der Waals surface area (Å²) in [5, 5.41) is 2.94. The van der Waals surface area contributed by atoms with Crippen LogP contribution >= 0.6 is 0 Å². The van der Waals surface area contributed by atoms with E-state index in [1.54, 1.807) is 19.1 Å². The van der Waals surface area contributed by atoms with Crippen LogP contribution in [0.2, 0.25) is 0 Å². The number of amides is 1. The zero-order valence-electron chi connectivity index (χ0n) is 11.3. The quantitative estimate of drug-likeness (QED) is 0.806. The number of aryl methyl sites for hydroxylation is 1. The van der Waals surface area contributed by atoms with Crippen LogP contribution in [0.15, 0.2) is 18.2 Å². The fourth-order valence-electron chi connectivity index (χ4n) is 2.50. The summed E-state index contributed by atoms with van der Waals surface area (Å²) in [7, 11) is 0. The Balaban J connectivity index is 2.05. The number of carbonyl (C=O) groups excluding carboxylic acids is 1. The van der Waals surface area contributed by atoms with Crippen molar-refractivity contribution in [1.29, 1.82) is 0 Å². The molecular weight excluding hydrogens is 243 g/mol. The van der Waals surface area contributed by atoms with Gasteiger partial charge in [-0.15, -0.1) is 0 Å². The summed E-state index contributed by atoms with van der Waals surface area (Å²) >= 11 is 0. The molecule has 1 amide bonds. The fourth-order valence-corrected chi connectivity index (χ4v) is 2.50. The molecule has 1 aromatic carbocycles. The number of nitrogens with one attached hydrogen (secondary N) is 1. The summed E-state index contributed by atoms with van der Waals surface area (Å²) in [5.41, 5.74) is 6.98. The number of hydrogen-bond acceptors (Lipinski definition) is 2. The second kappa shape index (κ2) is 6.15. The van der Waals surface area contributed by atoms with E-state index in [-0.39, 0.29) is 23.8 Å². The van der Waals surface area contributed by atoms with Gasteiger partial charge >= 0.3 is 0 Å². The highest BCUT2D eigenvalue weighted by atomic mass is 19.1. The predicted octanol–water partition coefficient (Wildman–Crippen LogP) is 2.52. The van der Waals surface area contributed by atoms with Crippen LogP contribution in [0.5, 0.6) is 0 Å². The van der Waals surface area contributed by atoms with E-state index in [2.05, 4.69) is 5.32 Å². The average molecular weight is 264 g/mol. The van der Waals surface area contributed by atoms with Crippen LogP contribution in [-0.4, -0.2) is 18.0 Å². The molecule has 2 rings (SSSR count). The monoisotopic (exact) mass is 264 g/mol. The van der Waals surface area contributed by atoms with Gasteiger partial charge in [0.05, 0.1) is 0 Å². The van der Waals surface area contributed by atoms with Crippen molar-refractivity contribution in [2.24, 2.45) is 5.73 Å². The molecule has 1 fully saturated rings. The van der Waals surface area contributed by atoms with Crippen LogP contribution in [-0.2, 0) is 0 Å². The van der Waals surface area contributed by atoms with E-state index in [0.717, 1.165) is 25.7 Å². The summed E-state index contributed by atoms with van der Waals surface area (Å²) < 4.78 is 13.5. The van der Waals surface area contributed by atoms with E-state index in [0.29, 0.717) is 11.1 Å². The van der Waals surface area contributed by atoms with Gasteiger partial charge in [0.2, 0.25) is 0 Å². The van der Waals surface area contributed by atoms with Gasteiger partial charge in [-0.05, 0) is 37.5 Å². The highest BCUT2D eigenvalue weighted by molar-refractivity contribution is 5.94. The molecule has 4 heteroatoms. The second-order valence-corrected chi connectivity index (χ2v) is 5.35. The first-order valence-corrected chi connectivity index (χ1v) is 6.90. The lowest BCUT2D eigenvalue weighted by Gasteiger charge is -2.22. The van der Waals surface area contributed by atoms with Gasteiger partial charge in [0, 0.05) is 17.6 Å². The van der Waals surface area contributed by atoms with Crippen LogP contribution in [0.3, 0.4) is 0 Å². The Morgan fingerprint density at radius 1 is 1.32 bits per heavy atom. The highest BCUT2D eigenvalue weighted by Gasteiger charge is 2.22. The molecule has 0 aromatic heterocycles. The maximum absolute atomic E-state index is 13.5. The van der Waals surface area contributed by atoms with Gasteiger partial charge in [-0.25, -0.2) is 4.39 Å². The topological polar surface area (TPSA) is 55.1 Å². The number of rotatable bonds is 2. The Bertz CT molecular complexity index is 461. The third kappa shape index (κ3) is 3.53. The number of nitrogens with two attached hydrogens (primary N) is 1. The predicted molar refractivity (Wildman–Crippen MR) is 73.5 cm³/mol. The first-order chi connectivity index (χ1) is 9.08. The minimum atomic E-state index is -0.349. The van der Waals surface area contributed by atoms with Gasteiger partial charge in [0.1, 0.15) is 5.82 Å². The molecule has 0 radical (unpaired) electrons. The maximum Gasteiger partial charge on any atom is 0.251 e. The summed E-state index contributed by atoms with van der Waals surface area (Å²) in [6.07, 6.45) is 5.21. The molecule has 19 heavy (non-hydrogen) atoms. The zero-order chi connectivity index (χ0) is 13.8. The minimum Gasteiger partial charge on any atom is -0.348 e. The van der Waals surface area contributed by atoms with Crippen molar-refractivity contribution < 1.29 is 9.18 Å². The number of carbonyl (C=O) groups is 1. The van der Waals surface area contributed by atoms with Crippen LogP contribution < -0.4 is 11.1 Å². The third-order valence-electron chi connectivity index (χ3n) is 3.82. The molecular formula is C15H21FN2O. The van der Waals surface area contributed by atoms with Gasteiger partial charge in [-0.1, -0.05) is 25.3 Å². The van der Waals surface area contributed by atoms with E-state index < -0.39 is 0 Å². The van der Waals surface area contributed by atoms with Gasteiger partial charge in [0.25, 0.3) is 5.91 Å². The Morgan fingerprint density at radius 3 is 2.79 bits per heavy atom. The SMILES string of the molecule is Cc1ccc(C(=O)NC2CCCCCC2N)cc1F. The highest BCUT2D eigenvalue weighted by Crippen LogP contribution is 2.17. The lowest BCUT2D eigenvalue weighted by Crippen LogP contribution is -2.46. The van der Waals surface area contributed by atoms with Crippen LogP contribution in [0, 0.1) is 12.7 Å². The second-order valence-electron chi connectivity index (χ2n) is 5.35. The van der Waals surface area contributed by atoms with Crippen molar-refractivity contribution in [3.05, 3.63) is 35.1 Å². The van der Waals surface area contributed by atoms with E-state index in [1.807, 2.05) is 0 Å². The molecule has 1 saturated carbocycles. The summed E-state index contributed by atoms with van der Waals surface area (Å²) in [6.45, 7) is 1.68. The lowest BCUT2D eigenvalue weighted by atomic mass is 10.0. The van der Waals surface area contributed by atoms with Crippen molar-refractivity contribution in [3.63, 3.8) is 0 Å². The lowest BCUT2D eigenvalue weighted by molar-refractivity contribution is 0.0928. The number of benzene rings is 1. The first-order valence-electron chi connectivity index (χ1n) is 6.90. The van der Waals surface area contributed by atoms with Crippen molar-refractivity contribution in [2.75, 3.05) is 0 Å². The van der Waals surface area contributed by atoms with Crippen molar-refractivity contribution in [3.8, 4) is 0 Å². The number of hydrogen-bond donors (Lipinski definition) is 2. The molecule has 0 heterocycles. The minimum absolute atomic E-state index is 0.000589. The Morgan fingerprint density at radius 2 is 2.05 bits per heavy atom. The molecule has 104 valence electrons. The van der Waals surface area contributed by atoms with E-state index in [1.165, 1.54) is 12.5 Å². The average Bonchev–Trinajstić information content (AvgIpc) is 2.58. The standard InChI is InChI=1S/C15H21FN2O/c1-10-7-8-11(9-12(10)16)15(19)18-14-6-4-2-3-5-13(14)17/h7-9,13-14H,2-6,17H2,1H3,(H,18,19). The van der Waals surface area contributed by atoms with Crippen molar-refractivity contribution in [2.45, 2.75) is 51.1 Å². The normalized spacial score (nSPS) is 23.7. The summed E-state index contributed by atoms with van der Waals surface area (Å²) in [4.78, 5) is 12.1. The van der Waals surface area contributed by atoms with Crippen LogP contribution in [0.4, 0.5) is 4.39 Å². The smallest absolute Gasteiger partial charge is 0.251 e. The molecule has 1 aliphatic rings. The maximum atomic E-state index is 13.5. The molecule has 3 N–H and O–H groups in total. The van der Waals surface area contributed by atoms with Gasteiger partial charge < -0.3 is 11.1 Å². The molecule has 0 bridgehead atoms. The summed E-state index contributed by atoms with van der Waals surface area (Å²) in [5.74, 6) is -0.584. The molecule has 3 nitrogen and oxygen atoms in total.